The lowest BCUT2D eigenvalue weighted by molar-refractivity contribution is 0.0940. The Kier molecular flexibility index (Phi) is 3.69. The minimum atomic E-state index is -0.0595. The SMILES string of the molecule is Cc1ccc(C(=O)NC(C)c2cnn(C)c2C)cc1. The van der Waals surface area contributed by atoms with Crippen LogP contribution in [0, 0.1) is 13.8 Å². The number of aromatic nitrogens is 2. The minimum absolute atomic E-state index is 0.0532. The van der Waals surface area contributed by atoms with Crippen molar-refractivity contribution in [3.63, 3.8) is 0 Å². The summed E-state index contributed by atoms with van der Waals surface area (Å²) in [6, 6.07) is 7.51. The minimum Gasteiger partial charge on any atom is -0.345 e. The Labute approximate surface area is 113 Å². The quantitative estimate of drug-likeness (QED) is 0.918. The fourth-order valence-electron chi connectivity index (χ4n) is 2.00. The van der Waals surface area contributed by atoms with Gasteiger partial charge in [0.1, 0.15) is 0 Å². The zero-order chi connectivity index (χ0) is 14.0. The topological polar surface area (TPSA) is 46.9 Å². The van der Waals surface area contributed by atoms with Crippen LogP contribution >= 0.6 is 0 Å². The monoisotopic (exact) mass is 257 g/mol. The number of carbonyl (C=O) groups excluding carboxylic acids is 1. The van der Waals surface area contributed by atoms with Gasteiger partial charge in [0.05, 0.1) is 12.2 Å². The number of hydrogen-bond donors (Lipinski definition) is 1. The molecule has 1 unspecified atom stereocenters. The van der Waals surface area contributed by atoms with Gasteiger partial charge in [0.2, 0.25) is 0 Å². The van der Waals surface area contributed by atoms with Gasteiger partial charge in [-0.3, -0.25) is 9.48 Å². The number of hydrogen-bond acceptors (Lipinski definition) is 2. The third-order valence-corrected chi connectivity index (χ3v) is 3.40. The molecule has 100 valence electrons. The summed E-state index contributed by atoms with van der Waals surface area (Å²) in [6.07, 6.45) is 1.80. The first-order valence-corrected chi connectivity index (χ1v) is 6.35. The molecule has 1 amide bonds. The van der Waals surface area contributed by atoms with Gasteiger partial charge in [0.15, 0.2) is 0 Å². The lowest BCUT2D eigenvalue weighted by atomic mass is 10.1. The van der Waals surface area contributed by atoms with E-state index in [9.17, 15) is 4.79 Å². The summed E-state index contributed by atoms with van der Waals surface area (Å²) < 4.78 is 1.81. The van der Waals surface area contributed by atoms with Crippen LogP contribution in [0.25, 0.3) is 0 Å². The van der Waals surface area contributed by atoms with E-state index in [1.54, 1.807) is 6.20 Å². The number of nitrogens with zero attached hydrogens (tertiary/aromatic N) is 2. The van der Waals surface area contributed by atoms with Gasteiger partial charge in [-0.05, 0) is 32.9 Å². The summed E-state index contributed by atoms with van der Waals surface area (Å²) in [5.41, 5.74) is 3.94. The van der Waals surface area contributed by atoms with Crippen molar-refractivity contribution in [3.05, 3.63) is 52.8 Å². The number of nitrogens with one attached hydrogen (secondary N) is 1. The van der Waals surface area contributed by atoms with Crippen LogP contribution in [0.1, 0.15) is 40.1 Å². The van der Waals surface area contributed by atoms with Crippen LogP contribution in [-0.4, -0.2) is 15.7 Å². The number of rotatable bonds is 3. The Bertz CT molecular complexity index is 584. The second-order valence-corrected chi connectivity index (χ2v) is 4.87. The molecular weight excluding hydrogens is 238 g/mol. The highest BCUT2D eigenvalue weighted by Crippen LogP contribution is 2.16. The standard InChI is InChI=1S/C15H19N3O/c1-10-5-7-13(8-6-10)15(19)17-11(2)14-9-16-18(4)12(14)3/h5-9,11H,1-4H3,(H,17,19). The van der Waals surface area contributed by atoms with E-state index in [0.717, 1.165) is 16.8 Å². The normalized spacial score (nSPS) is 12.2. The van der Waals surface area contributed by atoms with Gasteiger partial charge >= 0.3 is 0 Å². The molecule has 0 aliphatic carbocycles. The lowest BCUT2D eigenvalue weighted by Gasteiger charge is -2.13. The molecule has 1 atom stereocenters. The van der Waals surface area contributed by atoms with Crippen LogP contribution in [0.2, 0.25) is 0 Å². The van der Waals surface area contributed by atoms with E-state index in [-0.39, 0.29) is 11.9 Å². The molecule has 0 bridgehead atoms. The smallest absolute Gasteiger partial charge is 0.251 e. The van der Waals surface area contributed by atoms with E-state index in [1.807, 2.05) is 56.8 Å². The maximum absolute atomic E-state index is 12.1. The summed E-state index contributed by atoms with van der Waals surface area (Å²) >= 11 is 0. The van der Waals surface area contributed by atoms with E-state index >= 15 is 0 Å². The van der Waals surface area contributed by atoms with Gasteiger partial charge in [-0.25, -0.2) is 0 Å². The highest BCUT2D eigenvalue weighted by Gasteiger charge is 2.15. The van der Waals surface area contributed by atoms with Gasteiger partial charge in [-0.2, -0.15) is 5.10 Å². The molecule has 0 saturated carbocycles. The highest BCUT2D eigenvalue weighted by molar-refractivity contribution is 5.94. The van der Waals surface area contributed by atoms with Crippen LogP contribution in [0.15, 0.2) is 30.5 Å². The Hall–Kier alpha value is -2.10. The molecule has 1 aromatic carbocycles. The zero-order valence-corrected chi connectivity index (χ0v) is 11.8. The number of benzene rings is 1. The van der Waals surface area contributed by atoms with Crippen molar-refractivity contribution in [1.82, 2.24) is 15.1 Å². The third-order valence-electron chi connectivity index (χ3n) is 3.40. The molecule has 4 nitrogen and oxygen atoms in total. The Balaban J connectivity index is 2.10. The van der Waals surface area contributed by atoms with Crippen molar-refractivity contribution in [2.24, 2.45) is 7.05 Å². The van der Waals surface area contributed by atoms with Crippen molar-refractivity contribution >= 4 is 5.91 Å². The Morgan fingerprint density at radius 2 is 1.89 bits per heavy atom. The second kappa shape index (κ2) is 5.26. The molecule has 1 N–H and O–H groups in total. The zero-order valence-electron chi connectivity index (χ0n) is 11.8. The molecule has 1 aromatic heterocycles. The molecule has 1 heterocycles. The predicted octanol–water partition coefficient (Wildman–Crippen LogP) is 2.53. The fraction of sp³-hybridized carbons (Fsp3) is 0.333. The molecule has 0 spiro atoms. The summed E-state index contributed by atoms with van der Waals surface area (Å²) in [5, 5.41) is 7.19. The number of amides is 1. The molecule has 2 rings (SSSR count). The molecule has 0 fully saturated rings. The fourth-order valence-corrected chi connectivity index (χ4v) is 2.00. The molecule has 19 heavy (non-hydrogen) atoms. The first-order chi connectivity index (χ1) is 8.99. The third kappa shape index (κ3) is 2.84. The van der Waals surface area contributed by atoms with Crippen LogP contribution in [0.5, 0.6) is 0 Å². The van der Waals surface area contributed by atoms with E-state index in [0.29, 0.717) is 5.56 Å². The van der Waals surface area contributed by atoms with Crippen LogP contribution in [-0.2, 0) is 7.05 Å². The maximum atomic E-state index is 12.1. The maximum Gasteiger partial charge on any atom is 0.251 e. The lowest BCUT2D eigenvalue weighted by Crippen LogP contribution is -2.26. The van der Waals surface area contributed by atoms with Crippen molar-refractivity contribution in [2.75, 3.05) is 0 Å². The van der Waals surface area contributed by atoms with E-state index in [4.69, 9.17) is 0 Å². The first-order valence-electron chi connectivity index (χ1n) is 6.35. The highest BCUT2D eigenvalue weighted by atomic mass is 16.1. The largest absolute Gasteiger partial charge is 0.345 e. The average Bonchev–Trinajstić information content (AvgIpc) is 2.70. The van der Waals surface area contributed by atoms with Gasteiger partial charge < -0.3 is 5.32 Å². The molecule has 4 heteroatoms. The first kappa shape index (κ1) is 13.3. The summed E-state index contributed by atoms with van der Waals surface area (Å²) in [7, 11) is 1.90. The molecule has 0 aliphatic rings. The van der Waals surface area contributed by atoms with Gasteiger partial charge in [0, 0.05) is 23.9 Å². The summed E-state index contributed by atoms with van der Waals surface area (Å²) in [5.74, 6) is -0.0595. The molecular formula is C15H19N3O. The number of carbonyl (C=O) groups is 1. The van der Waals surface area contributed by atoms with Crippen LogP contribution in [0.3, 0.4) is 0 Å². The molecule has 0 saturated heterocycles. The summed E-state index contributed by atoms with van der Waals surface area (Å²) in [6.45, 7) is 5.97. The van der Waals surface area contributed by atoms with E-state index < -0.39 is 0 Å². The Morgan fingerprint density at radius 3 is 2.42 bits per heavy atom. The van der Waals surface area contributed by atoms with Crippen molar-refractivity contribution in [1.29, 1.82) is 0 Å². The van der Waals surface area contributed by atoms with Crippen molar-refractivity contribution in [3.8, 4) is 0 Å². The molecule has 0 radical (unpaired) electrons. The molecule has 2 aromatic rings. The van der Waals surface area contributed by atoms with Crippen molar-refractivity contribution < 1.29 is 4.79 Å². The van der Waals surface area contributed by atoms with Crippen molar-refractivity contribution in [2.45, 2.75) is 26.8 Å². The predicted molar refractivity (Wildman–Crippen MR) is 75.0 cm³/mol. The molecule has 0 aliphatic heterocycles. The van der Waals surface area contributed by atoms with E-state index in [1.165, 1.54) is 0 Å². The van der Waals surface area contributed by atoms with Gasteiger partial charge in [-0.15, -0.1) is 0 Å². The Morgan fingerprint density at radius 1 is 1.26 bits per heavy atom. The summed E-state index contributed by atoms with van der Waals surface area (Å²) in [4.78, 5) is 12.1. The van der Waals surface area contributed by atoms with E-state index in [2.05, 4.69) is 10.4 Å². The average molecular weight is 257 g/mol. The van der Waals surface area contributed by atoms with Gasteiger partial charge in [0.25, 0.3) is 5.91 Å². The van der Waals surface area contributed by atoms with Gasteiger partial charge in [-0.1, -0.05) is 17.7 Å². The second-order valence-electron chi connectivity index (χ2n) is 4.87. The number of aryl methyl sites for hydroxylation is 2. The van der Waals surface area contributed by atoms with Crippen LogP contribution < -0.4 is 5.32 Å². The van der Waals surface area contributed by atoms with Crippen LogP contribution in [0.4, 0.5) is 0 Å².